The first-order valence-corrected chi connectivity index (χ1v) is 8.50. The number of hydrogen-bond donors (Lipinski definition) is 2. The van der Waals surface area contributed by atoms with Crippen LogP contribution in [0.4, 0.5) is 5.69 Å². The number of amides is 1. The summed E-state index contributed by atoms with van der Waals surface area (Å²) < 4.78 is 0. The van der Waals surface area contributed by atoms with E-state index in [0.717, 1.165) is 41.8 Å². The maximum Gasteiger partial charge on any atom is 0.260 e. The highest BCUT2D eigenvalue weighted by Crippen LogP contribution is 2.41. The first-order valence-electron chi connectivity index (χ1n) is 8.50. The first kappa shape index (κ1) is 13.8. The topological polar surface area (TPSA) is 48.1 Å². The molecule has 0 radical (unpaired) electrons. The van der Waals surface area contributed by atoms with Crippen LogP contribution in [0.15, 0.2) is 54.7 Å². The van der Waals surface area contributed by atoms with Gasteiger partial charge in [0.25, 0.3) is 5.91 Å². The van der Waals surface area contributed by atoms with Gasteiger partial charge in [0.15, 0.2) is 0 Å². The van der Waals surface area contributed by atoms with E-state index in [-0.39, 0.29) is 5.91 Å². The lowest BCUT2D eigenvalue weighted by molar-refractivity contribution is 0.0981. The third-order valence-electron chi connectivity index (χ3n) is 5.45. The van der Waals surface area contributed by atoms with Gasteiger partial charge in [-0.1, -0.05) is 36.4 Å². The molecule has 24 heavy (non-hydrogen) atoms. The van der Waals surface area contributed by atoms with Crippen LogP contribution in [0.1, 0.15) is 21.8 Å². The van der Waals surface area contributed by atoms with Gasteiger partial charge in [0.2, 0.25) is 0 Å². The molecule has 2 aliphatic heterocycles. The molecule has 2 atom stereocenters. The predicted octanol–water partition coefficient (Wildman–Crippen LogP) is 3.13. The number of carbonyl (C=O) groups is 1. The fourth-order valence-corrected chi connectivity index (χ4v) is 4.25. The van der Waals surface area contributed by atoms with Crippen LogP contribution in [0.2, 0.25) is 0 Å². The van der Waals surface area contributed by atoms with Crippen molar-refractivity contribution in [2.45, 2.75) is 5.92 Å². The number of benzene rings is 2. The molecular formula is C20H19N3O. The Balaban J connectivity index is 1.61. The summed E-state index contributed by atoms with van der Waals surface area (Å²) in [7, 11) is 0. The van der Waals surface area contributed by atoms with E-state index in [1.165, 1.54) is 5.56 Å². The standard InChI is InChI=1S/C20H19N3O/c24-20(17-11-22-18-7-3-1-5-14(17)18)23-12-13-9-21-10-16(13)15-6-2-4-8-19(15)23/h1-8,11,13,16,21-22H,9-10,12H2. The van der Waals surface area contributed by atoms with Gasteiger partial charge in [0, 0.05) is 48.3 Å². The molecule has 3 heterocycles. The van der Waals surface area contributed by atoms with Crippen molar-refractivity contribution in [1.82, 2.24) is 10.3 Å². The smallest absolute Gasteiger partial charge is 0.260 e. The van der Waals surface area contributed by atoms with E-state index in [2.05, 4.69) is 28.5 Å². The molecule has 2 unspecified atom stereocenters. The number of nitrogens with one attached hydrogen (secondary N) is 2. The van der Waals surface area contributed by atoms with Crippen LogP contribution in [0.25, 0.3) is 10.9 Å². The number of fused-ring (bicyclic) bond motifs is 4. The van der Waals surface area contributed by atoms with Gasteiger partial charge in [-0.2, -0.15) is 0 Å². The fraction of sp³-hybridized carbons (Fsp3) is 0.250. The van der Waals surface area contributed by atoms with Gasteiger partial charge in [0.05, 0.1) is 5.56 Å². The van der Waals surface area contributed by atoms with E-state index in [1.807, 2.05) is 41.4 Å². The van der Waals surface area contributed by atoms with Crippen LogP contribution in [0.5, 0.6) is 0 Å². The number of hydrogen-bond acceptors (Lipinski definition) is 2. The molecule has 2 aliphatic rings. The Morgan fingerprint density at radius 2 is 1.88 bits per heavy atom. The SMILES string of the molecule is O=C(c1c[nH]c2ccccc12)N1CC2CNCC2c2ccccc21. The normalized spacial score (nSPS) is 22.4. The van der Waals surface area contributed by atoms with Gasteiger partial charge in [-0.05, 0) is 23.6 Å². The molecule has 5 rings (SSSR count). The Bertz CT molecular complexity index is 929. The minimum atomic E-state index is 0.0882. The monoisotopic (exact) mass is 317 g/mol. The molecule has 2 N–H and O–H groups in total. The molecule has 0 spiro atoms. The summed E-state index contributed by atoms with van der Waals surface area (Å²) >= 11 is 0. The summed E-state index contributed by atoms with van der Waals surface area (Å²) in [4.78, 5) is 18.5. The highest BCUT2D eigenvalue weighted by atomic mass is 16.2. The second-order valence-electron chi connectivity index (χ2n) is 6.75. The number of para-hydroxylation sites is 2. The fourth-order valence-electron chi connectivity index (χ4n) is 4.25. The molecule has 1 saturated heterocycles. The van der Waals surface area contributed by atoms with Gasteiger partial charge in [-0.15, -0.1) is 0 Å². The molecule has 3 aromatic rings. The van der Waals surface area contributed by atoms with Crippen LogP contribution >= 0.6 is 0 Å². The lowest BCUT2D eigenvalue weighted by Crippen LogP contribution is -2.41. The van der Waals surface area contributed by atoms with Crippen molar-refractivity contribution in [3.63, 3.8) is 0 Å². The Morgan fingerprint density at radius 1 is 1.04 bits per heavy atom. The van der Waals surface area contributed by atoms with Gasteiger partial charge in [0.1, 0.15) is 0 Å². The molecule has 0 bridgehead atoms. The van der Waals surface area contributed by atoms with Gasteiger partial charge < -0.3 is 15.2 Å². The van der Waals surface area contributed by atoms with E-state index in [4.69, 9.17) is 0 Å². The van der Waals surface area contributed by atoms with Crippen molar-refractivity contribution in [3.8, 4) is 0 Å². The number of anilines is 1. The molecule has 4 heteroatoms. The van der Waals surface area contributed by atoms with E-state index in [9.17, 15) is 4.79 Å². The van der Waals surface area contributed by atoms with E-state index < -0.39 is 0 Å². The van der Waals surface area contributed by atoms with Crippen LogP contribution in [-0.4, -0.2) is 30.5 Å². The van der Waals surface area contributed by atoms with Gasteiger partial charge >= 0.3 is 0 Å². The number of rotatable bonds is 1. The lowest BCUT2D eigenvalue weighted by atomic mass is 9.83. The van der Waals surface area contributed by atoms with Crippen LogP contribution in [0.3, 0.4) is 0 Å². The number of aromatic nitrogens is 1. The minimum absolute atomic E-state index is 0.0882. The molecule has 1 aromatic heterocycles. The highest BCUT2D eigenvalue weighted by Gasteiger charge is 2.38. The summed E-state index contributed by atoms with van der Waals surface area (Å²) in [5, 5.41) is 4.48. The zero-order valence-corrected chi connectivity index (χ0v) is 13.3. The van der Waals surface area contributed by atoms with E-state index >= 15 is 0 Å². The second kappa shape index (κ2) is 5.21. The van der Waals surface area contributed by atoms with Crippen molar-refractivity contribution < 1.29 is 4.79 Å². The van der Waals surface area contributed by atoms with Crippen LogP contribution in [0, 0.1) is 5.92 Å². The molecule has 1 amide bonds. The molecule has 120 valence electrons. The molecule has 4 nitrogen and oxygen atoms in total. The summed E-state index contributed by atoms with van der Waals surface area (Å²) in [5.74, 6) is 1.10. The maximum atomic E-state index is 13.3. The average molecular weight is 317 g/mol. The van der Waals surface area contributed by atoms with Crippen LogP contribution in [-0.2, 0) is 0 Å². The molecule has 0 saturated carbocycles. The second-order valence-corrected chi connectivity index (χ2v) is 6.75. The summed E-state index contributed by atoms with van der Waals surface area (Å²) in [6, 6.07) is 16.3. The van der Waals surface area contributed by atoms with E-state index in [0.29, 0.717) is 11.8 Å². The number of H-pyrrole nitrogens is 1. The molecular weight excluding hydrogens is 298 g/mol. The maximum absolute atomic E-state index is 13.3. The third kappa shape index (κ3) is 1.93. The Hall–Kier alpha value is -2.59. The van der Waals surface area contributed by atoms with Crippen molar-refractivity contribution in [2.75, 3.05) is 24.5 Å². The van der Waals surface area contributed by atoms with Crippen molar-refractivity contribution >= 4 is 22.5 Å². The van der Waals surface area contributed by atoms with Crippen molar-refractivity contribution in [3.05, 3.63) is 65.9 Å². The molecule has 2 aromatic carbocycles. The molecule has 0 aliphatic carbocycles. The van der Waals surface area contributed by atoms with Crippen molar-refractivity contribution in [1.29, 1.82) is 0 Å². The number of carbonyl (C=O) groups excluding carboxylic acids is 1. The average Bonchev–Trinajstić information content (AvgIpc) is 3.27. The quantitative estimate of drug-likeness (QED) is 0.724. The van der Waals surface area contributed by atoms with E-state index in [1.54, 1.807) is 0 Å². The summed E-state index contributed by atoms with van der Waals surface area (Å²) in [5.41, 5.74) is 4.13. The van der Waals surface area contributed by atoms with Crippen LogP contribution < -0.4 is 10.2 Å². The van der Waals surface area contributed by atoms with Crippen molar-refractivity contribution in [2.24, 2.45) is 5.92 Å². The highest BCUT2D eigenvalue weighted by molar-refractivity contribution is 6.14. The minimum Gasteiger partial charge on any atom is -0.360 e. The van der Waals surface area contributed by atoms with Gasteiger partial charge in [-0.3, -0.25) is 4.79 Å². The summed E-state index contributed by atoms with van der Waals surface area (Å²) in [6.07, 6.45) is 1.84. The first-order chi connectivity index (χ1) is 11.8. The Morgan fingerprint density at radius 3 is 2.83 bits per heavy atom. The molecule has 1 fully saturated rings. The third-order valence-corrected chi connectivity index (χ3v) is 5.45. The zero-order chi connectivity index (χ0) is 16.1. The van der Waals surface area contributed by atoms with Gasteiger partial charge in [-0.25, -0.2) is 0 Å². The lowest BCUT2D eigenvalue weighted by Gasteiger charge is -2.36. The summed E-state index contributed by atoms with van der Waals surface area (Å²) in [6.45, 7) is 2.78. The predicted molar refractivity (Wildman–Crippen MR) is 95.5 cm³/mol. The Labute approximate surface area is 140 Å². The number of nitrogens with zero attached hydrogens (tertiary/aromatic N) is 1. The zero-order valence-electron chi connectivity index (χ0n) is 13.3. The number of aromatic amines is 1. The largest absolute Gasteiger partial charge is 0.360 e. The Kier molecular flexibility index (Phi) is 3.00.